The van der Waals surface area contributed by atoms with Crippen LogP contribution in [-0.4, -0.2) is 39.8 Å². The van der Waals surface area contributed by atoms with E-state index < -0.39 is 23.4 Å². The smallest absolute Gasteiger partial charge is 0.346 e. The maximum absolute atomic E-state index is 12.1. The number of amides is 3. The van der Waals surface area contributed by atoms with Crippen LogP contribution in [0.3, 0.4) is 0 Å². The average Bonchev–Trinajstić information content (AvgIpc) is 2.68. The van der Waals surface area contributed by atoms with Crippen LogP contribution in [-0.2, 0) is 4.79 Å². The van der Waals surface area contributed by atoms with E-state index in [9.17, 15) is 14.4 Å². The molecule has 0 unspecified atom stereocenters. The zero-order chi connectivity index (χ0) is 15.6. The first-order valence-electron chi connectivity index (χ1n) is 6.42. The lowest BCUT2D eigenvalue weighted by atomic mass is 10.00. The topological polar surface area (TPSA) is 99.1 Å². The lowest BCUT2D eigenvalue weighted by Crippen LogP contribution is -2.42. The fourth-order valence-corrected chi connectivity index (χ4v) is 1.94. The van der Waals surface area contributed by atoms with Crippen LogP contribution in [0, 0.1) is 0 Å². The molecule has 3 amide bonds. The molecular formula is C14H15N3O4. The number of hydrogen-bond acceptors (Lipinski definition) is 4. The predicted octanol–water partition coefficient (Wildman–Crippen LogP) is 1.44. The third kappa shape index (κ3) is 2.62. The number of urea groups is 1. The molecule has 110 valence electrons. The Morgan fingerprint density at radius 2 is 2.10 bits per heavy atom. The molecule has 1 heterocycles. The molecule has 0 saturated carbocycles. The monoisotopic (exact) mass is 289 g/mol. The Balaban J connectivity index is 2.29. The van der Waals surface area contributed by atoms with Crippen molar-refractivity contribution < 1.29 is 19.5 Å². The van der Waals surface area contributed by atoms with E-state index in [1.807, 2.05) is 0 Å². The molecule has 1 aromatic rings. The number of hydrogen-bond donors (Lipinski definition) is 2. The number of hydrazone groups is 1. The minimum absolute atomic E-state index is 0.0477. The Morgan fingerprint density at radius 1 is 1.43 bits per heavy atom. The normalized spacial score (nSPS) is 21.9. The summed E-state index contributed by atoms with van der Waals surface area (Å²) in [4.78, 5) is 35.0. The molecular weight excluding hydrogens is 274 g/mol. The number of imide groups is 1. The molecule has 0 aromatic heterocycles. The molecule has 2 N–H and O–H groups in total. The Kier molecular flexibility index (Phi) is 3.75. The van der Waals surface area contributed by atoms with Crippen LogP contribution in [0.4, 0.5) is 4.79 Å². The number of aromatic carboxylic acids is 1. The zero-order valence-electron chi connectivity index (χ0n) is 11.7. The van der Waals surface area contributed by atoms with Gasteiger partial charge in [0.15, 0.2) is 0 Å². The summed E-state index contributed by atoms with van der Waals surface area (Å²) in [5.74, 6) is -1.56. The lowest BCUT2D eigenvalue weighted by molar-refractivity contribution is -0.130. The number of benzene rings is 1. The number of nitrogens with one attached hydrogen (secondary N) is 1. The summed E-state index contributed by atoms with van der Waals surface area (Å²) in [5, 5.41) is 16.2. The minimum atomic E-state index is -1.10. The highest BCUT2D eigenvalue weighted by molar-refractivity contribution is 6.07. The van der Waals surface area contributed by atoms with Crippen LogP contribution in [0.2, 0.25) is 0 Å². The molecule has 7 nitrogen and oxygen atoms in total. The van der Waals surface area contributed by atoms with E-state index in [0.29, 0.717) is 12.0 Å². The van der Waals surface area contributed by atoms with Gasteiger partial charge in [-0.3, -0.25) is 4.79 Å². The molecule has 1 aromatic carbocycles. The van der Waals surface area contributed by atoms with Gasteiger partial charge in [0.05, 0.1) is 11.8 Å². The lowest BCUT2D eigenvalue weighted by Gasteiger charge is -2.17. The summed E-state index contributed by atoms with van der Waals surface area (Å²) in [6.45, 7) is 3.40. The molecule has 1 atom stereocenters. The quantitative estimate of drug-likeness (QED) is 0.647. The first-order valence-corrected chi connectivity index (χ1v) is 6.42. The van der Waals surface area contributed by atoms with Crippen molar-refractivity contribution in [1.82, 2.24) is 10.3 Å². The van der Waals surface area contributed by atoms with Gasteiger partial charge in [-0.1, -0.05) is 25.1 Å². The van der Waals surface area contributed by atoms with Gasteiger partial charge in [-0.2, -0.15) is 5.10 Å². The number of carboxylic acid groups (broad SMARTS) is 1. The molecule has 0 radical (unpaired) electrons. The fourth-order valence-electron chi connectivity index (χ4n) is 1.94. The summed E-state index contributed by atoms with van der Waals surface area (Å²) < 4.78 is 0. The van der Waals surface area contributed by atoms with Crippen molar-refractivity contribution >= 4 is 24.1 Å². The van der Waals surface area contributed by atoms with Crippen molar-refractivity contribution in [3.05, 3.63) is 35.4 Å². The van der Waals surface area contributed by atoms with E-state index in [0.717, 1.165) is 5.01 Å². The first-order chi connectivity index (χ1) is 9.89. The highest BCUT2D eigenvalue weighted by Gasteiger charge is 2.46. The van der Waals surface area contributed by atoms with Crippen molar-refractivity contribution in [2.75, 3.05) is 0 Å². The SMILES string of the molecule is CC[C@@]1(C)NC(=O)N(/N=C\c2ccccc2C(=O)O)C1=O. The van der Waals surface area contributed by atoms with Crippen molar-refractivity contribution in [1.29, 1.82) is 0 Å². The van der Waals surface area contributed by atoms with Crippen LogP contribution in [0.25, 0.3) is 0 Å². The number of carboxylic acids is 1. The molecule has 2 rings (SSSR count). The average molecular weight is 289 g/mol. The van der Waals surface area contributed by atoms with Gasteiger partial charge in [0.25, 0.3) is 5.91 Å². The van der Waals surface area contributed by atoms with Crippen LogP contribution in [0.1, 0.15) is 36.2 Å². The highest BCUT2D eigenvalue weighted by Crippen LogP contribution is 2.21. The Labute approximate surface area is 121 Å². The molecule has 21 heavy (non-hydrogen) atoms. The molecule has 0 aliphatic carbocycles. The van der Waals surface area contributed by atoms with Gasteiger partial charge in [0.2, 0.25) is 0 Å². The van der Waals surface area contributed by atoms with E-state index in [2.05, 4.69) is 10.4 Å². The minimum Gasteiger partial charge on any atom is -0.478 e. The van der Waals surface area contributed by atoms with E-state index in [1.165, 1.54) is 12.3 Å². The Morgan fingerprint density at radius 3 is 2.67 bits per heavy atom. The van der Waals surface area contributed by atoms with Crippen LogP contribution < -0.4 is 5.32 Å². The Hall–Kier alpha value is -2.70. The molecule has 0 bridgehead atoms. The summed E-state index contributed by atoms with van der Waals surface area (Å²) >= 11 is 0. The molecule has 1 saturated heterocycles. The third-order valence-electron chi connectivity index (χ3n) is 3.45. The van der Waals surface area contributed by atoms with Gasteiger partial charge in [-0.15, -0.1) is 5.01 Å². The summed E-state index contributed by atoms with van der Waals surface area (Å²) in [6, 6.07) is 5.59. The van der Waals surface area contributed by atoms with Crippen LogP contribution >= 0.6 is 0 Å². The molecule has 1 fully saturated rings. The maximum atomic E-state index is 12.1. The molecule has 7 heteroatoms. The number of carbonyl (C=O) groups excluding carboxylic acids is 2. The molecule has 1 aliphatic rings. The Bertz CT molecular complexity index is 641. The van der Waals surface area contributed by atoms with Gasteiger partial charge in [-0.05, 0) is 19.4 Å². The zero-order valence-corrected chi connectivity index (χ0v) is 11.7. The van der Waals surface area contributed by atoms with Crippen molar-refractivity contribution in [3.63, 3.8) is 0 Å². The van der Waals surface area contributed by atoms with E-state index in [4.69, 9.17) is 5.11 Å². The fraction of sp³-hybridized carbons (Fsp3) is 0.286. The second kappa shape index (κ2) is 5.35. The number of rotatable bonds is 4. The third-order valence-corrected chi connectivity index (χ3v) is 3.45. The van der Waals surface area contributed by atoms with Gasteiger partial charge in [-0.25, -0.2) is 9.59 Å². The summed E-state index contributed by atoms with van der Waals surface area (Å²) in [6.07, 6.45) is 1.64. The standard InChI is InChI=1S/C14H15N3O4/c1-3-14(2)12(20)17(13(21)16-14)15-8-9-6-4-5-7-10(9)11(18)19/h4-8H,3H2,1-2H3,(H,16,21)(H,18,19)/b15-8-/t14-/m1/s1. The molecule has 1 aliphatic heterocycles. The van der Waals surface area contributed by atoms with Crippen molar-refractivity contribution in [3.8, 4) is 0 Å². The van der Waals surface area contributed by atoms with Gasteiger partial charge >= 0.3 is 12.0 Å². The van der Waals surface area contributed by atoms with Crippen LogP contribution in [0.5, 0.6) is 0 Å². The predicted molar refractivity (Wildman–Crippen MR) is 75.1 cm³/mol. The highest BCUT2D eigenvalue weighted by atomic mass is 16.4. The van der Waals surface area contributed by atoms with Crippen molar-refractivity contribution in [2.45, 2.75) is 25.8 Å². The summed E-state index contributed by atoms with van der Waals surface area (Å²) in [5.41, 5.74) is -0.608. The molecule has 0 spiro atoms. The van der Waals surface area contributed by atoms with E-state index >= 15 is 0 Å². The van der Waals surface area contributed by atoms with Gasteiger partial charge < -0.3 is 10.4 Å². The summed E-state index contributed by atoms with van der Waals surface area (Å²) in [7, 11) is 0. The van der Waals surface area contributed by atoms with E-state index in [1.54, 1.807) is 32.0 Å². The van der Waals surface area contributed by atoms with Gasteiger partial charge in [0, 0.05) is 5.56 Å². The number of nitrogens with zero attached hydrogens (tertiary/aromatic N) is 2. The second-order valence-electron chi connectivity index (χ2n) is 4.87. The largest absolute Gasteiger partial charge is 0.478 e. The second-order valence-corrected chi connectivity index (χ2v) is 4.87. The van der Waals surface area contributed by atoms with E-state index in [-0.39, 0.29) is 5.56 Å². The van der Waals surface area contributed by atoms with Crippen LogP contribution in [0.15, 0.2) is 29.4 Å². The van der Waals surface area contributed by atoms with Gasteiger partial charge in [0.1, 0.15) is 5.54 Å². The first kappa shape index (κ1) is 14.7. The number of carbonyl (C=O) groups is 3. The maximum Gasteiger partial charge on any atom is 0.346 e. The van der Waals surface area contributed by atoms with Crippen molar-refractivity contribution in [2.24, 2.45) is 5.10 Å².